The second kappa shape index (κ2) is 8.65. The van der Waals surface area contributed by atoms with Gasteiger partial charge in [-0.2, -0.15) is 5.26 Å². The molecule has 0 aromatic heterocycles. The molecule has 0 saturated heterocycles. The zero-order chi connectivity index (χ0) is 25.9. The number of aryl methyl sites for hydroxylation is 1. The Kier molecular flexibility index (Phi) is 6.36. The van der Waals surface area contributed by atoms with Gasteiger partial charge < -0.3 is 4.43 Å². The van der Waals surface area contributed by atoms with E-state index in [-0.39, 0.29) is 21.9 Å². The van der Waals surface area contributed by atoms with Gasteiger partial charge in [-0.1, -0.05) is 32.9 Å². The summed E-state index contributed by atoms with van der Waals surface area (Å²) in [7, 11) is -6.09. The number of halogens is 2. The van der Waals surface area contributed by atoms with E-state index in [1.165, 1.54) is 18.2 Å². The third kappa shape index (κ3) is 4.50. The van der Waals surface area contributed by atoms with Crippen LogP contribution in [0.4, 0.5) is 8.78 Å². The van der Waals surface area contributed by atoms with Crippen molar-refractivity contribution < 1.29 is 21.6 Å². The van der Waals surface area contributed by atoms with Crippen LogP contribution in [0.5, 0.6) is 0 Å². The second-order valence-electron chi connectivity index (χ2n) is 11.1. The minimum atomic E-state index is -3.65. The lowest BCUT2D eigenvalue weighted by Crippen LogP contribution is -2.43. The molecule has 0 spiro atoms. The molecule has 2 aromatic carbocycles. The first-order valence-electron chi connectivity index (χ1n) is 11.8. The summed E-state index contributed by atoms with van der Waals surface area (Å²) in [5.74, 6) is -0.467. The number of fused-ring (bicyclic) bond motifs is 2. The fourth-order valence-corrected chi connectivity index (χ4v) is 7.05. The van der Waals surface area contributed by atoms with Crippen molar-refractivity contribution in [2.75, 3.05) is 6.26 Å². The number of hydrogen-bond donors (Lipinski definition) is 0. The number of hydrogen-bond acceptors (Lipinski definition) is 4. The number of sulfone groups is 1. The van der Waals surface area contributed by atoms with Crippen LogP contribution in [0.25, 0.3) is 5.57 Å². The van der Waals surface area contributed by atoms with E-state index in [1.54, 1.807) is 6.07 Å². The van der Waals surface area contributed by atoms with Gasteiger partial charge in [-0.25, -0.2) is 17.2 Å². The zero-order valence-corrected chi connectivity index (χ0v) is 22.8. The number of allylic oxidation sites excluding steroid dienone is 1. The molecule has 2 aliphatic rings. The molecule has 2 atom stereocenters. The van der Waals surface area contributed by atoms with Crippen LogP contribution < -0.4 is 0 Å². The smallest absolute Gasteiger partial charge is 0.193 e. The SMILES string of the molecule is CC(C)(C)[Si](C)(C)O[C@H]1c2c(S(C)(=O)=O)ccc(C3=CCCc4cc(F)cc(C#N)c43)c2C[C@H]1F. The predicted octanol–water partition coefficient (Wildman–Crippen LogP) is 6.44. The zero-order valence-electron chi connectivity index (χ0n) is 21.0. The molecule has 0 aliphatic heterocycles. The van der Waals surface area contributed by atoms with Gasteiger partial charge in [-0.05, 0) is 71.4 Å². The second-order valence-corrected chi connectivity index (χ2v) is 17.8. The van der Waals surface area contributed by atoms with E-state index in [1.807, 2.05) is 19.2 Å². The van der Waals surface area contributed by atoms with Gasteiger partial charge >= 0.3 is 0 Å². The molecule has 0 fully saturated rings. The number of rotatable bonds is 4. The maximum Gasteiger partial charge on any atom is 0.193 e. The van der Waals surface area contributed by atoms with Crippen molar-refractivity contribution in [2.24, 2.45) is 0 Å². The maximum absolute atomic E-state index is 15.7. The van der Waals surface area contributed by atoms with Gasteiger partial charge in [-0.3, -0.25) is 0 Å². The quantitative estimate of drug-likeness (QED) is 0.440. The van der Waals surface area contributed by atoms with Crippen molar-refractivity contribution in [1.82, 2.24) is 0 Å². The lowest BCUT2D eigenvalue weighted by atomic mass is 9.82. The average molecular weight is 516 g/mol. The van der Waals surface area contributed by atoms with Crippen LogP contribution in [0, 0.1) is 17.1 Å². The standard InChI is InChI=1S/C27H31F2NO3SSi/c1-27(2,3)35(5,6)33-26-22(29)14-21-19(10-11-23(25(21)26)34(4,31)32)20-9-7-8-16-12-18(28)13-17(15-30)24(16)20/h9-13,22,26H,7-8,14H2,1-6H3/t22-,26-/m1/s1. The van der Waals surface area contributed by atoms with Gasteiger partial charge in [0.05, 0.1) is 16.5 Å². The van der Waals surface area contributed by atoms with Crippen molar-refractivity contribution in [3.8, 4) is 6.07 Å². The van der Waals surface area contributed by atoms with Crippen LogP contribution in [0.2, 0.25) is 18.1 Å². The van der Waals surface area contributed by atoms with Crippen LogP contribution in [-0.4, -0.2) is 29.2 Å². The van der Waals surface area contributed by atoms with Gasteiger partial charge in [0.1, 0.15) is 18.1 Å². The topological polar surface area (TPSA) is 67.2 Å². The molecule has 0 heterocycles. The molecule has 2 aromatic rings. The highest BCUT2D eigenvalue weighted by Gasteiger charge is 2.46. The molecule has 4 rings (SSSR count). The first-order chi connectivity index (χ1) is 16.2. The largest absolute Gasteiger partial charge is 0.407 e. The highest BCUT2D eigenvalue weighted by atomic mass is 32.2. The number of nitrogens with zero attached hydrogens (tertiary/aromatic N) is 1. The Morgan fingerprint density at radius 2 is 1.89 bits per heavy atom. The molecule has 0 saturated carbocycles. The van der Waals surface area contributed by atoms with Gasteiger partial charge in [0.25, 0.3) is 0 Å². The van der Waals surface area contributed by atoms with Crippen LogP contribution >= 0.6 is 0 Å². The van der Waals surface area contributed by atoms with Crippen LogP contribution in [0.15, 0.2) is 35.2 Å². The van der Waals surface area contributed by atoms with Crippen LogP contribution in [0.1, 0.15) is 66.7 Å². The average Bonchev–Trinajstić information content (AvgIpc) is 3.05. The first kappa shape index (κ1) is 25.7. The normalized spacial score (nSPS) is 20.1. The summed E-state index contributed by atoms with van der Waals surface area (Å²) in [5.41, 5.74) is 3.96. The number of benzene rings is 2. The highest BCUT2D eigenvalue weighted by Crippen LogP contribution is 2.49. The Bertz CT molecular complexity index is 1380. The third-order valence-corrected chi connectivity index (χ3v) is 13.2. The molecular weight excluding hydrogens is 484 g/mol. The van der Waals surface area contributed by atoms with E-state index in [0.717, 1.165) is 17.4 Å². The van der Waals surface area contributed by atoms with Gasteiger partial charge in [0.15, 0.2) is 18.2 Å². The summed E-state index contributed by atoms with van der Waals surface area (Å²) < 4.78 is 61.8. The fourth-order valence-electron chi connectivity index (χ4n) is 4.85. The molecule has 2 aliphatic carbocycles. The Labute approximate surface area is 207 Å². The van der Waals surface area contributed by atoms with Crippen LogP contribution in [-0.2, 0) is 27.1 Å². The van der Waals surface area contributed by atoms with Crippen molar-refractivity contribution in [3.63, 3.8) is 0 Å². The summed E-state index contributed by atoms with van der Waals surface area (Å²) in [6.07, 6.45) is 1.98. The molecule has 0 radical (unpaired) electrons. The molecule has 0 amide bonds. The molecule has 186 valence electrons. The van der Waals surface area contributed by atoms with E-state index in [4.69, 9.17) is 4.43 Å². The minimum absolute atomic E-state index is 0.0169. The van der Waals surface area contributed by atoms with Crippen molar-refractivity contribution >= 4 is 23.7 Å². The van der Waals surface area contributed by atoms with Crippen molar-refractivity contribution in [1.29, 1.82) is 5.26 Å². The number of alkyl halides is 1. The van der Waals surface area contributed by atoms with Gasteiger partial charge in [0.2, 0.25) is 0 Å². The van der Waals surface area contributed by atoms with E-state index in [9.17, 15) is 18.1 Å². The summed E-state index contributed by atoms with van der Waals surface area (Å²) in [6.45, 7) is 10.2. The Morgan fingerprint density at radius 3 is 2.49 bits per heavy atom. The monoisotopic (exact) mass is 515 g/mol. The predicted molar refractivity (Wildman–Crippen MR) is 136 cm³/mol. The van der Waals surface area contributed by atoms with Crippen molar-refractivity contribution in [3.05, 3.63) is 69.5 Å². The van der Waals surface area contributed by atoms with Gasteiger partial charge in [0, 0.05) is 23.8 Å². The number of nitriles is 1. The third-order valence-electron chi connectivity index (χ3n) is 7.58. The lowest BCUT2D eigenvalue weighted by molar-refractivity contribution is 0.0991. The van der Waals surface area contributed by atoms with Gasteiger partial charge in [-0.15, -0.1) is 0 Å². The highest BCUT2D eigenvalue weighted by molar-refractivity contribution is 7.90. The first-order valence-corrected chi connectivity index (χ1v) is 16.6. The summed E-state index contributed by atoms with van der Waals surface area (Å²) in [6, 6.07) is 7.97. The molecule has 0 bridgehead atoms. The molecular formula is C27H31F2NO3SSi. The Morgan fingerprint density at radius 1 is 1.20 bits per heavy atom. The van der Waals surface area contributed by atoms with Crippen molar-refractivity contribution in [2.45, 2.75) is 75.3 Å². The Balaban J connectivity index is 1.95. The lowest BCUT2D eigenvalue weighted by Gasteiger charge is -2.39. The van der Waals surface area contributed by atoms with E-state index < -0.39 is 36.2 Å². The molecule has 8 heteroatoms. The Hall–Kier alpha value is -2.34. The molecule has 0 unspecified atom stereocenters. The van der Waals surface area contributed by atoms with E-state index >= 15 is 4.39 Å². The summed E-state index contributed by atoms with van der Waals surface area (Å²) in [4.78, 5) is 0.0800. The fraction of sp³-hybridized carbons (Fsp3) is 0.444. The molecule has 4 nitrogen and oxygen atoms in total. The molecule has 0 N–H and O–H groups in total. The maximum atomic E-state index is 15.7. The molecule has 35 heavy (non-hydrogen) atoms. The van der Waals surface area contributed by atoms with Crippen LogP contribution in [0.3, 0.4) is 0 Å². The summed E-state index contributed by atoms with van der Waals surface area (Å²) in [5, 5.41) is 9.53. The van der Waals surface area contributed by atoms with E-state index in [0.29, 0.717) is 35.1 Å². The summed E-state index contributed by atoms with van der Waals surface area (Å²) >= 11 is 0. The minimum Gasteiger partial charge on any atom is -0.407 e. The van der Waals surface area contributed by atoms with E-state index in [2.05, 4.69) is 26.8 Å².